The molecule has 0 amide bonds. The number of benzene rings is 2. The van der Waals surface area contributed by atoms with E-state index in [1.165, 1.54) is 43.7 Å². The Kier molecular flexibility index (Phi) is 4.51. The van der Waals surface area contributed by atoms with Gasteiger partial charge in [-0.15, -0.1) is 0 Å². The zero-order chi connectivity index (χ0) is 17.3. The van der Waals surface area contributed by atoms with Crippen LogP contribution in [0.5, 0.6) is 0 Å². The molecule has 2 nitrogen and oxygen atoms in total. The molecule has 4 heteroatoms. The minimum atomic E-state index is -0.381. The van der Waals surface area contributed by atoms with Gasteiger partial charge in [0.25, 0.3) is 0 Å². The quantitative estimate of drug-likeness (QED) is 0.701. The Morgan fingerprint density at radius 2 is 1.88 bits per heavy atom. The van der Waals surface area contributed by atoms with Crippen LogP contribution in [0.2, 0.25) is 5.02 Å². The van der Waals surface area contributed by atoms with Gasteiger partial charge in [-0.1, -0.05) is 55.1 Å². The maximum absolute atomic E-state index is 13.7. The third-order valence-corrected chi connectivity index (χ3v) is 5.82. The zero-order valence-corrected chi connectivity index (χ0v) is 15.0. The minimum Gasteiger partial charge on any atom is -0.343 e. The van der Waals surface area contributed by atoms with Crippen molar-refractivity contribution in [2.45, 2.75) is 45.1 Å². The maximum atomic E-state index is 13.7. The van der Waals surface area contributed by atoms with E-state index in [0.29, 0.717) is 6.54 Å². The summed E-state index contributed by atoms with van der Waals surface area (Å²) in [4.78, 5) is 4.90. The Morgan fingerprint density at radius 3 is 2.68 bits per heavy atom. The average Bonchev–Trinajstić information content (AvgIpc) is 2.63. The Hall–Kier alpha value is -1.87. The summed E-state index contributed by atoms with van der Waals surface area (Å²) in [6, 6.07) is 13.4. The van der Waals surface area contributed by atoms with Gasteiger partial charge in [-0.3, -0.25) is 4.99 Å². The number of nitrogens with one attached hydrogen (secondary N) is 1. The van der Waals surface area contributed by atoms with Crippen molar-refractivity contribution in [2.24, 2.45) is 10.4 Å². The first-order valence-corrected chi connectivity index (χ1v) is 9.38. The molecule has 0 unspecified atom stereocenters. The highest BCUT2D eigenvalue weighted by Gasteiger charge is 2.40. The predicted octanol–water partition coefficient (Wildman–Crippen LogP) is 6.00. The van der Waals surface area contributed by atoms with Crippen molar-refractivity contribution in [2.75, 3.05) is 5.32 Å². The van der Waals surface area contributed by atoms with E-state index in [9.17, 15) is 4.39 Å². The number of rotatable bonds is 2. The maximum Gasteiger partial charge on any atom is 0.142 e. The topological polar surface area (TPSA) is 24.4 Å². The molecule has 0 atom stereocenters. The summed E-state index contributed by atoms with van der Waals surface area (Å²) >= 11 is 5.78. The van der Waals surface area contributed by atoms with E-state index in [1.54, 1.807) is 6.07 Å². The van der Waals surface area contributed by atoms with Crippen LogP contribution in [0.1, 0.15) is 43.2 Å². The highest BCUT2D eigenvalue weighted by atomic mass is 35.5. The highest BCUT2D eigenvalue weighted by molar-refractivity contribution is 6.30. The predicted molar refractivity (Wildman–Crippen MR) is 102 cm³/mol. The molecule has 1 heterocycles. The number of para-hydroxylation sites is 1. The zero-order valence-electron chi connectivity index (χ0n) is 14.2. The first kappa shape index (κ1) is 16.6. The van der Waals surface area contributed by atoms with Crippen molar-refractivity contribution in [3.8, 4) is 0 Å². The third kappa shape index (κ3) is 3.30. The summed E-state index contributed by atoms with van der Waals surface area (Å²) in [6.07, 6.45) is 7.18. The van der Waals surface area contributed by atoms with Crippen LogP contribution in [0, 0.1) is 11.2 Å². The summed E-state index contributed by atoms with van der Waals surface area (Å²) in [5.41, 5.74) is 3.49. The molecule has 0 aromatic heterocycles. The van der Waals surface area contributed by atoms with Gasteiger partial charge >= 0.3 is 0 Å². The summed E-state index contributed by atoms with van der Waals surface area (Å²) in [7, 11) is 0. The fourth-order valence-electron chi connectivity index (χ4n) is 4.16. The Bertz CT molecular complexity index is 809. The Balaban J connectivity index is 1.66. The van der Waals surface area contributed by atoms with Gasteiger partial charge in [0.2, 0.25) is 0 Å². The number of nitrogens with zero attached hydrogens (tertiary/aromatic N) is 1. The molecule has 0 radical (unpaired) electrons. The lowest BCUT2D eigenvalue weighted by Crippen LogP contribution is -2.43. The van der Waals surface area contributed by atoms with Crippen molar-refractivity contribution in [1.29, 1.82) is 0 Å². The van der Waals surface area contributed by atoms with Crippen LogP contribution >= 0.6 is 11.6 Å². The molecule has 1 spiro atoms. The molecule has 25 heavy (non-hydrogen) atoms. The molecule has 1 aliphatic heterocycles. The molecule has 0 saturated heterocycles. The van der Waals surface area contributed by atoms with E-state index in [-0.39, 0.29) is 16.3 Å². The van der Waals surface area contributed by atoms with Crippen LogP contribution in [0.15, 0.2) is 47.5 Å². The van der Waals surface area contributed by atoms with Crippen LogP contribution in [0.4, 0.5) is 10.1 Å². The normalized spacial score (nSPS) is 20.3. The molecule has 1 aliphatic carbocycles. The number of fused-ring (bicyclic) bond motifs is 1. The van der Waals surface area contributed by atoms with Crippen LogP contribution in [0.3, 0.4) is 0 Å². The van der Waals surface area contributed by atoms with Crippen LogP contribution in [0.25, 0.3) is 0 Å². The lowest BCUT2D eigenvalue weighted by molar-refractivity contribution is 0.278. The van der Waals surface area contributed by atoms with Gasteiger partial charge in [-0.05, 0) is 48.6 Å². The second kappa shape index (κ2) is 6.80. The van der Waals surface area contributed by atoms with E-state index in [0.717, 1.165) is 23.5 Å². The van der Waals surface area contributed by atoms with E-state index in [2.05, 4.69) is 29.6 Å². The molecular formula is C21H22ClFN2. The smallest absolute Gasteiger partial charge is 0.142 e. The van der Waals surface area contributed by atoms with Gasteiger partial charge in [0.05, 0.1) is 11.6 Å². The van der Waals surface area contributed by atoms with Gasteiger partial charge in [0.15, 0.2) is 0 Å². The number of hydrogen-bond acceptors (Lipinski definition) is 1. The number of amidine groups is 1. The second-order valence-corrected chi connectivity index (χ2v) is 7.62. The first-order valence-electron chi connectivity index (χ1n) is 9.00. The molecule has 0 bridgehead atoms. The van der Waals surface area contributed by atoms with E-state index in [4.69, 9.17) is 16.6 Å². The lowest BCUT2D eigenvalue weighted by Gasteiger charge is -2.42. The lowest BCUT2D eigenvalue weighted by atomic mass is 9.67. The summed E-state index contributed by atoms with van der Waals surface area (Å²) in [6.45, 7) is 0.473. The van der Waals surface area contributed by atoms with Crippen LogP contribution in [-0.2, 0) is 13.0 Å². The van der Waals surface area contributed by atoms with Gasteiger partial charge in [0.1, 0.15) is 11.7 Å². The van der Waals surface area contributed by atoms with E-state index < -0.39 is 0 Å². The Labute approximate surface area is 153 Å². The average molecular weight is 357 g/mol. The van der Waals surface area contributed by atoms with E-state index in [1.807, 2.05) is 6.07 Å². The molecule has 2 aliphatic rings. The molecule has 1 N–H and O–H groups in total. The van der Waals surface area contributed by atoms with Crippen molar-refractivity contribution in [3.05, 3.63) is 64.4 Å². The van der Waals surface area contributed by atoms with E-state index >= 15 is 0 Å². The summed E-state index contributed by atoms with van der Waals surface area (Å²) < 4.78 is 13.7. The van der Waals surface area contributed by atoms with Gasteiger partial charge in [0, 0.05) is 11.1 Å². The largest absolute Gasteiger partial charge is 0.343 e. The molecule has 1 fully saturated rings. The fraction of sp³-hybridized carbons (Fsp3) is 0.381. The molecule has 1 saturated carbocycles. The van der Waals surface area contributed by atoms with Gasteiger partial charge < -0.3 is 5.32 Å². The summed E-state index contributed by atoms with van der Waals surface area (Å²) in [5, 5.41) is 3.74. The number of anilines is 1. The molecule has 130 valence electrons. The molecular weight excluding hydrogens is 335 g/mol. The Morgan fingerprint density at radius 1 is 1.08 bits per heavy atom. The SMILES string of the molecule is Fc1cc(CN=C2Nc3ccccc3CC23CCCCC3)ccc1Cl. The fourth-order valence-corrected chi connectivity index (χ4v) is 4.28. The van der Waals surface area contributed by atoms with Gasteiger partial charge in [-0.2, -0.15) is 0 Å². The van der Waals surface area contributed by atoms with Crippen LogP contribution < -0.4 is 5.32 Å². The third-order valence-electron chi connectivity index (χ3n) is 5.52. The van der Waals surface area contributed by atoms with Crippen molar-refractivity contribution >= 4 is 23.1 Å². The van der Waals surface area contributed by atoms with Gasteiger partial charge in [-0.25, -0.2) is 4.39 Å². The minimum absolute atomic E-state index is 0.109. The first-order chi connectivity index (χ1) is 12.2. The number of hydrogen-bond donors (Lipinski definition) is 1. The highest BCUT2D eigenvalue weighted by Crippen LogP contribution is 2.45. The summed E-state index contributed by atoms with van der Waals surface area (Å²) in [5.74, 6) is 0.690. The standard InChI is InChI=1S/C21H22ClFN2/c22-17-9-8-15(12-18(17)23)14-24-20-21(10-4-1-5-11-21)13-16-6-2-3-7-19(16)25-20/h2-3,6-9,12H,1,4-5,10-11,13-14H2,(H,24,25). The molecule has 2 aromatic carbocycles. The van der Waals surface area contributed by atoms with Crippen molar-refractivity contribution in [1.82, 2.24) is 0 Å². The second-order valence-electron chi connectivity index (χ2n) is 7.21. The number of aliphatic imine (C=N–C) groups is 1. The molecule has 4 rings (SSSR count). The van der Waals surface area contributed by atoms with Crippen LogP contribution in [-0.4, -0.2) is 5.84 Å². The number of halogens is 2. The monoisotopic (exact) mass is 356 g/mol. The molecule has 2 aromatic rings. The van der Waals surface area contributed by atoms with Crippen molar-refractivity contribution in [3.63, 3.8) is 0 Å². The van der Waals surface area contributed by atoms with Crippen molar-refractivity contribution < 1.29 is 4.39 Å².